The number of hydrogen-bond acceptors (Lipinski definition) is 3. The summed E-state index contributed by atoms with van der Waals surface area (Å²) in [7, 11) is 1.64. The van der Waals surface area contributed by atoms with Crippen molar-refractivity contribution < 1.29 is 9.47 Å². The Bertz CT molecular complexity index is 740. The predicted octanol–water partition coefficient (Wildman–Crippen LogP) is 3.80. The van der Waals surface area contributed by atoms with Crippen molar-refractivity contribution in [3.8, 4) is 11.5 Å². The third kappa shape index (κ3) is 2.70. The van der Waals surface area contributed by atoms with E-state index in [2.05, 4.69) is 9.97 Å². The number of halogens is 1. The number of rotatable bonds is 4. The number of aromatic amines is 1. The van der Waals surface area contributed by atoms with Crippen molar-refractivity contribution >= 4 is 22.6 Å². The number of hydrogen-bond donors (Lipinski definition) is 1. The second-order valence-corrected chi connectivity index (χ2v) is 4.75. The van der Waals surface area contributed by atoms with Crippen LogP contribution in [0, 0.1) is 0 Å². The van der Waals surface area contributed by atoms with Gasteiger partial charge in [-0.3, -0.25) is 0 Å². The molecule has 3 aromatic rings. The van der Waals surface area contributed by atoms with E-state index in [0.29, 0.717) is 11.6 Å². The van der Waals surface area contributed by atoms with Crippen molar-refractivity contribution in [1.29, 1.82) is 0 Å². The average Bonchev–Trinajstić information content (AvgIpc) is 2.87. The number of nitrogens with one attached hydrogen (secondary N) is 1. The lowest BCUT2D eigenvalue weighted by Gasteiger charge is -2.03. The van der Waals surface area contributed by atoms with Gasteiger partial charge in [0.2, 0.25) is 0 Å². The zero-order chi connectivity index (χ0) is 13.9. The molecule has 0 amide bonds. The Kier molecular flexibility index (Phi) is 3.48. The van der Waals surface area contributed by atoms with Crippen LogP contribution in [0.2, 0.25) is 5.02 Å². The van der Waals surface area contributed by atoms with E-state index in [1.165, 1.54) is 0 Å². The number of H-pyrrole nitrogens is 1. The molecule has 102 valence electrons. The Hall–Kier alpha value is -2.20. The molecule has 0 aliphatic heterocycles. The van der Waals surface area contributed by atoms with Gasteiger partial charge < -0.3 is 14.5 Å². The van der Waals surface area contributed by atoms with Gasteiger partial charge in [-0.2, -0.15) is 0 Å². The molecule has 0 bridgehead atoms. The maximum atomic E-state index is 5.91. The first-order valence-electron chi connectivity index (χ1n) is 6.15. The molecule has 0 spiro atoms. The van der Waals surface area contributed by atoms with E-state index in [0.717, 1.165) is 28.4 Å². The molecule has 4 nitrogen and oxygen atoms in total. The molecule has 1 aromatic heterocycles. The smallest absolute Gasteiger partial charge is 0.146 e. The number of nitrogens with zero attached hydrogens (tertiary/aromatic N) is 1. The second-order valence-electron chi connectivity index (χ2n) is 4.31. The summed E-state index contributed by atoms with van der Waals surface area (Å²) < 4.78 is 10.8. The van der Waals surface area contributed by atoms with Gasteiger partial charge in [0.05, 0.1) is 18.1 Å². The lowest BCUT2D eigenvalue weighted by molar-refractivity contribution is 0.297. The first kappa shape index (κ1) is 12.8. The van der Waals surface area contributed by atoms with E-state index in [1.54, 1.807) is 13.2 Å². The summed E-state index contributed by atoms with van der Waals surface area (Å²) in [6.07, 6.45) is 0. The fourth-order valence-electron chi connectivity index (χ4n) is 1.95. The number of imidazole rings is 1. The minimum Gasteiger partial charge on any atom is -0.497 e. The van der Waals surface area contributed by atoms with Gasteiger partial charge in [-0.25, -0.2) is 4.98 Å². The number of aromatic nitrogens is 2. The van der Waals surface area contributed by atoms with Gasteiger partial charge in [-0.05, 0) is 30.3 Å². The van der Waals surface area contributed by atoms with E-state index >= 15 is 0 Å². The molecule has 2 aromatic carbocycles. The van der Waals surface area contributed by atoms with Gasteiger partial charge in [0.25, 0.3) is 0 Å². The molecular formula is C15H13ClN2O2. The minimum atomic E-state index is 0.358. The summed E-state index contributed by atoms with van der Waals surface area (Å²) in [5.74, 6) is 2.27. The highest BCUT2D eigenvalue weighted by Gasteiger charge is 2.05. The molecule has 0 saturated heterocycles. The maximum absolute atomic E-state index is 5.91. The summed E-state index contributed by atoms with van der Waals surface area (Å²) in [6, 6.07) is 13.0. The van der Waals surface area contributed by atoms with E-state index < -0.39 is 0 Å². The third-order valence-electron chi connectivity index (χ3n) is 2.91. The first-order chi connectivity index (χ1) is 9.74. The highest BCUT2D eigenvalue weighted by molar-refractivity contribution is 6.30. The van der Waals surface area contributed by atoms with Gasteiger partial charge in [0.15, 0.2) is 0 Å². The predicted molar refractivity (Wildman–Crippen MR) is 78.4 cm³/mol. The lowest BCUT2D eigenvalue weighted by Crippen LogP contribution is -1.97. The van der Waals surface area contributed by atoms with Crippen LogP contribution in [0.3, 0.4) is 0 Å². The lowest BCUT2D eigenvalue weighted by atomic mass is 10.3. The van der Waals surface area contributed by atoms with Crippen LogP contribution in [0.15, 0.2) is 42.5 Å². The van der Waals surface area contributed by atoms with Crippen LogP contribution in [0.1, 0.15) is 5.82 Å². The number of benzene rings is 2. The van der Waals surface area contributed by atoms with Crippen molar-refractivity contribution in [2.45, 2.75) is 6.61 Å². The standard InChI is InChI=1S/C15H13ClN2O2/c1-19-11-5-6-13-14(8-11)18-15(17-13)9-20-12-4-2-3-10(16)7-12/h2-8H,9H2,1H3,(H,17,18). The molecule has 0 fully saturated rings. The van der Waals surface area contributed by atoms with Crippen LogP contribution in [-0.4, -0.2) is 17.1 Å². The van der Waals surface area contributed by atoms with Crippen LogP contribution in [-0.2, 0) is 6.61 Å². The van der Waals surface area contributed by atoms with Crippen molar-refractivity contribution in [2.75, 3.05) is 7.11 Å². The van der Waals surface area contributed by atoms with Gasteiger partial charge in [-0.15, -0.1) is 0 Å². The molecule has 3 rings (SSSR count). The van der Waals surface area contributed by atoms with Gasteiger partial charge >= 0.3 is 0 Å². The Morgan fingerprint density at radius 3 is 2.85 bits per heavy atom. The summed E-state index contributed by atoms with van der Waals surface area (Å²) in [5.41, 5.74) is 1.81. The van der Waals surface area contributed by atoms with Crippen LogP contribution in [0.4, 0.5) is 0 Å². The number of ether oxygens (including phenoxy) is 2. The molecule has 1 N–H and O–H groups in total. The van der Waals surface area contributed by atoms with Crippen molar-refractivity contribution in [3.05, 3.63) is 53.3 Å². The van der Waals surface area contributed by atoms with Gasteiger partial charge in [-0.1, -0.05) is 17.7 Å². The SMILES string of the molecule is COc1ccc2nc(COc3cccc(Cl)c3)[nH]c2c1. The number of methoxy groups -OCH3 is 1. The fourth-order valence-corrected chi connectivity index (χ4v) is 2.13. The molecule has 5 heteroatoms. The van der Waals surface area contributed by atoms with E-state index in [1.807, 2.05) is 36.4 Å². The van der Waals surface area contributed by atoms with Crippen LogP contribution in [0.25, 0.3) is 11.0 Å². The first-order valence-corrected chi connectivity index (χ1v) is 6.53. The highest BCUT2D eigenvalue weighted by atomic mass is 35.5. The molecule has 0 saturated carbocycles. The summed E-state index contributed by atoms with van der Waals surface area (Å²) in [6.45, 7) is 0.358. The Balaban J connectivity index is 1.77. The van der Waals surface area contributed by atoms with Crippen LogP contribution in [0.5, 0.6) is 11.5 Å². The number of fused-ring (bicyclic) bond motifs is 1. The Labute approximate surface area is 121 Å². The Morgan fingerprint density at radius 1 is 1.15 bits per heavy atom. The molecule has 0 unspecified atom stereocenters. The summed E-state index contributed by atoms with van der Waals surface area (Å²) >= 11 is 5.91. The van der Waals surface area contributed by atoms with E-state index in [-0.39, 0.29) is 0 Å². The molecule has 0 aliphatic rings. The van der Waals surface area contributed by atoms with Crippen molar-refractivity contribution in [2.24, 2.45) is 0 Å². The molecule has 1 heterocycles. The Morgan fingerprint density at radius 2 is 2.05 bits per heavy atom. The molecular weight excluding hydrogens is 276 g/mol. The zero-order valence-electron chi connectivity index (χ0n) is 10.9. The van der Waals surface area contributed by atoms with Gasteiger partial charge in [0, 0.05) is 11.1 Å². The molecule has 0 aliphatic carbocycles. The van der Waals surface area contributed by atoms with Gasteiger partial charge in [0.1, 0.15) is 23.9 Å². The van der Waals surface area contributed by atoms with E-state index in [4.69, 9.17) is 21.1 Å². The molecule has 0 atom stereocenters. The fraction of sp³-hybridized carbons (Fsp3) is 0.133. The monoisotopic (exact) mass is 288 g/mol. The quantitative estimate of drug-likeness (QED) is 0.794. The average molecular weight is 289 g/mol. The summed E-state index contributed by atoms with van der Waals surface area (Å²) in [5, 5.41) is 0.650. The van der Waals surface area contributed by atoms with E-state index in [9.17, 15) is 0 Å². The molecule has 20 heavy (non-hydrogen) atoms. The normalized spacial score (nSPS) is 10.7. The molecule has 0 radical (unpaired) electrons. The minimum absolute atomic E-state index is 0.358. The summed E-state index contributed by atoms with van der Waals surface area (Å²) in [4.78, 5) is 7.66. The maximum Gasteiger partial charge on any atom is 0.146 e. The van der Waals surface area contributed by atoms with Crippen molar-refractivity contribution in [3.63, 3.8) is 0 Å². The van der Waals surface area contributed by atoms with Crippen LogP contribution >= 0.6 is 11.6 Å². The third-order valence-corrected chi connectivity index (χ3v) is 3.14. The van der Waals surface area contributed by atoms with Crippen LogP contribution < -0.4 is 9.47 Å². The topological polar surface area (TPSA) is 47.1 Å². The highest BCUT2D eigenvalue weighted by Crippen LogP contribution is 2.21. The zero-order valence-corrected chi connectivity index (χ0v) is 11.6. The second kappa shape index (κ2) is 5.43. The largest absolute Gasteiger partial charge is 0.497 e. The van der Waals surface area contributed by atoms with Crippen molar-refractivity contribution in [1.82, 2.24) is 9.97 Å².